The fraction of sp³-hybridized carbons (Fsp3) is 0.364. The summed E-state index contributed by atoms with van der Waals surface area (Å²) in [7, 11) is 0. The Hall–Kier alpha value is -2.22. The lowest BCUT2D eigenvalue weighted by atomic mass is 10.00. The van der Waals surface area contributed by atoms with Crippen molar-refractivity contribution >= 4 is 10.9 Å². The van der Waals surface area contributed by atoms with Crippen molar-refractivity contribution in [1.29, 1.82) is 0 Å². The molecule has 1 aromatic heterocycles. The molecule has 0 fully saturated rings. The van der Waals surface area contributed by atoms with E-state index in [9.17, 15) is 0 Å². The van der Waals surface area contributed by atoms with E-state index >= 15 is 0 Å². The number of aryl methyl sites for hydroxylation is 1. The molecule has 24 heavy (non-hydrogen) atoms. The Balaban J connectivity index is 1.80. The molecule has 2 heteroatoms. The van der Waals surface area contributed by atoms with E-state index in [4.69, 9.17) is 4.74 Å². The van der Waals surface area contributed by atoms with E-state index in [2.05, 4.69) is 68.2 Å². The molecule has 0 saturated heterocycles. The molecule has 0 amide bonds. The van der Waals surface area contributed by atoms with Crippen LogP contribution in [0.1, 0.15) is 39.2 Å². The van der Waals surface area contributed by atoms with Gasteiger partial charge in [-0.3, -0.25) is 0 Å². The number of benzene rings is 2. The smallest absolute Gasteiger partial charge is 0.122 e. The lowest BCUT2D eigenvalue weighted by Gasteiger charge is -2.14. The first-order chi connectivity index (χ1) is 11.7. The van der Waals surface area contributed by atoms with Crippen LogP contribution in [0.15, 0.2) is 48.7 Å². The quantitative estimate of drug-likeness (QED) is 0.549. The fourth-order valence-corrected chi connectivity index (χ4v) is 2.98. The Morgan fingerprint density at radius 1 is 1.00 bits per heavy atom. The molecule has 1 atom stereocenters. The number of ether oxygens (including phenoxy) is 1. The summed E-state index contributed by atoms with van der Waals surface area (Å²) in [5.41, 5.74) is 4.97. The molecular formula is C22H27NO. The second-order valence-corrected chi connectivity index (χ2v) is 6.61. The fourth-order valence-electron chi connectivity index (χ4n) is 2.98. The van der Waals surface area contributed by atoms with Crippen molar-refractivity contribution in [2.45, 2.75) is 40.0 Å². The molecule has 0 aliphatic carbocycles. The molecule has 1 N–H and O–H groups in total. The molecule has 0 aliphatic heterocycles. The summed E-state index contributed by atoms with van der Waals surface area (Å²) < 4.78 is 6.04. The van der Waals surface area contributed by atoms with Gasteiger partial charge in [-0.15, -0.1) is 0 Å². The van der Waals surface area contributed by atoms with Gasteiger partial charge in [0.15, 0.2) is 0 Å². The van der Waals surface area contributed by atoms with E-state index in [0.717, 1.165) is 31.1 Å². The third-order valence-corrected chi connectivity index (χ3v) is 4.89. The predicted molar refractivity (Wildman–Crippen MR) is 103 cm³/mol. The van der Waals surface area contributed by atoms with Gasteiger partial charge in [0.05, 0.1) is 6.61 Å². The minimum Gasteiger partial charge on any atom is -0.493 e. The Morgan fingerprint density at radius 2 is 1.79 bits per heavy atom. The van der Waals surface area contributed by atoms with E-state index < -0.39 is 0 Å². The molecule has 3 rings (SSSR count). The van der Waals surface area contributed by atoms with Gasteiger partial charge in [-0.2, -0.15) is 0 Å². The molecule has 0 radical (unpaired) electrons. The van der Waals surface area contributed by atoms with Gasteiger partial charge in [0, 0.05) is 11.7 Å². The highest BCUT2D eigenvalue weighted by molar-refractivity contribution is 5.85. The molecule has 1 heterocycles. The van der Waals surface area contributed by atoms with Gasteiger partial charge in [-0.05, 0) is 71.2 Å². The van der Waals surface area contributed by atoms with Crippen LogP contribution in [0.3, 0.4) is 0 Å². The van der Waals surface area contributed by atoms with E-state index in [1.54, 1.807) is 0 Å². The molecule has 1 unspecified atom stereocenters. The van der Waals surface area contributed by atoms with E-state index in [0.29, 0.717) is 0 Å². The zero-order valence-electron chi connectivity index (χ0n) is 14.9. The van der Waals surface area contributed by atoms with Crippen LogP contribution in [0.4, 0.5) is 0 Å². The molecule has 0 saturated carbocycles. The molecule has 2 aromatic carbocycles. The van der Waals surface area contributed by atoms with E-state index in [-0.39, 0.29) is 0 Å². The number of hydrogen-bond acceptors (Lipinski definition) is 1. The third-order valence-electron chi connectivity index (χ3n) is 4.89. The van der Waals surface area contributed by atoms with Gasteiger partial charge in [0.25, 0.3) is 0 Å². The highest BCUT2D eigenvalue weighted by Crippen LogP contribution is 2.29. The second-order valence-electron chi connectivity index (χ2n) is 6.61. The summed E-state index contributed by atoms with van der Waals surface area (Å²) in [5, 5.41) is 1.25. The van der Waals surface area contributed by atoms with Gasteiger partial charge >= 0.3 is 0 Å². The second kappa shape index (κ2) is 7.57. The van der Waals surface area contributed by atoms with Crippen molar-refractivity contribution in [2.24, 2.45) is 5.92 Å². The van der Waals surface area contributed by atoms with Crippen LogP contribution in [0.5, 0.6) is 5.75 Å². The van der Waals surface area contributed by atoms with Gasteiger partial charge in [0.2, 0.25) is 0 Å². The van der Waals surface area contributed by atoms with E-state index in [1.165, 1.54) is 34.0 Å². The normalized spacial score (nSPS) is 12.5. The van der Waals surface area contributed by atoms with Crippen LogP contribution >= 0.6 is 0 Å². The summed E-state index contributed by atoms with van der Waals surface area (Å²) in [6, 6.07) is 15.3. The average Bonchev–Trinajstić information content (AvgIpc) is 3.09. The lowest BCUT2D eigenvalue weighted by Crippen LogP contribution is -2.04. The standard InChI is InChI=1S/C22H27NO/c1-4-16(3)11-13-24-22-9-7-19(14-17(22)5-2)18-6-8-21-20(15-18)10-12-23-21/h6-10,12,14-16,23H,4-5,11,13H2,1-3H3. The number of hydrogen-bond donors (Lipinski definition) is 1. The first-order valence-corrected chi connectivity index (χ1v) is 9.04. The van der Waals surface area contributed by atoms with Crippen LogP contribution in [-0.2, 0) is 6.42 Å². The maximum absolute atomic E-state index is 6.04. The van der Waals surface area contributed by atoms with Crippen molar-refractivity contribution < 1.29 is 4.74 Å². The first kappa shape index (κ1) is 16.6. The van der Waals surface area contributed by atoms with Crippen LogP contribution in [0.2, 0.25) is 0 Å². The number of rotatable bonds is 7. The highest BCUT2D eigenvalue weighted by Gasteiger charge is 2.07. The van der Waals surface area contributed by atoms with Gasteiger partial charge in [0.1, 0.15) is 5.75 Å². The topological polar surface area (TPSA) is 25.0 Å². The Labute approximate surface area is 144 Å². The summed E-state index contributed by atoms with van der Waals surface area (Å²) in [6.45, 7) is 7.51. The summed E-state index contributed by atoms with van der Waals surface area (Å²) in [5.74, 6) is 1.76. The van der Waals surface area contributed by atoms with E-state index in [1.807, 2.05) is 6.20 Å². The van der Waals surface area contributed by atoms with Gasteiger partial charge in [-0.25, -0.2) is 0 Å². The van der Waals surface area contributed by atoms with Crippen LogP contribution in [0.25, 0.3) is 22.0 Å². The van der Waals surface area contributed by atoms with Crippen molar-refractivity contribution in [1.82, 2.24) is 4.98 Å². The molecule has 0 bridgehead atoms. The summed E-state index contributed by atoms with van der Waals surface area (Å²) >= 11 is 0. The average molecular weight is 321 g/mol. The largest absolute Gasteiger partial charge is 0.493 e. The number of aromatic amines is 1. The molecular weight excluding hydrogens is 294 g/mol. The molecule has 3 aromatic rings. The van der Waals surface area contributed by atoms with Crippen molar-refractivity contribution in [3.8, 4) is 16.9 Å². The zero-order valence-corrected chi connectivity index (χ0v) is 14.9. The number of H-pyrrole nitrogens is 1. The van der Waals surface area contributed by atoms with Crippen molar-refractivity contribution in [3.05, 3.63) is 54.2 Å². The number of fused-ring (bicyclic) bond motifs is 1. The number of nitrogens with one attached hydrogen (secondary N) is 1. The Kier molecular flexibility index (Phi) is 5.24. The monoisotopic (exact) mass is 321 g/mol. The zero-order chi connectivity index (χ0) is 16.9. The summed E-state index contributed by atoms with van der Waals surface area (Å²) in [6.07, 6.45) is 5.30. The highest BCUT2D eigenvalue weighted by atomic mass is 16.5. The van der Waals surface area contributed by atoms with Crippen LogP contribution in [-0.4, -0.2) is 11.6 Å². The third kappa shape index (κ3) is 3.64. The molecule has 2 nitrogen and oxygen atoms in total. The maximum Gasteiger partial charge on any atom is 0.122 e. The molecule has 126 valence electrons. The van der Waals surface area contributed by atoms with Crippen LogP contribution in [0, 0.1) is 5.92 Å². The minimum absolute atomic E-state index is 0.724. The molecule has 0 spiro atoms. The predicted octanol–water partition coefficient (Wildman–Crippen LogP) is 6.21. The first-order valence-electron chi connectivity index (χ1n) is 9.04. The Morgan fingerprint density at radius 3 is 2.58 bits per heavy atom. The maximum atomic E-state index is 6.04. The van der Waals surface area contributed by atoms with Crippen LogP contribution < -0.4 is 4.74 Å². The minimum atomic E-state index is 0.724. The SMILES string of the molecule is CCc1cc(-c2ccc3[nH]ccc3c2)ccc1OCCC(C)CC. The molecule has 0 aliphatic rings. The van der Waals surface area contributed by atoms with Crippen molar-refractivity contribution in [2.75, 3.05) is 6.61 Å². The van der Waals surface area contributed by atoms with Gasteiger partial charge < -0.3 is 9.72 Å². The summed E-state index contributed by atoms with van der Waals surface area (Å²) in [4.78, 5) is 3.25. The van der Waals surface area contributed by atoms with Gasteiger partial charge in [-0.1, -0.05) is 39.3 Å². The lowest BCUT2D eigenvalue weighted by molar-refractivity contribution is 0.279. The van der Waals surface area contributed by atoms with Crippen molar-refractivity contribution in [3.63, 3.8) is 0 Å². The number of aromatic nitrogens is 1. The Bertz CT molecular complexity index is 803.